The molecule has 2 unspecified atom stereocenters. The van der Waals surface area contributed by atoms with Gasteiger partial charge in [-0.15, -0.1) is 0 Å². The first-order chi connectivity index (χ1) is 9.29. The van der Waals surface area contributed by atoms with E-state index in [1.165, 1.54) is 18.2 Å². The Hall–Kier alpha value is -1.67. The maximum atomic E-state index is 11.6. The van der Waals surface area contributed by atoms with Crippen molar-refractivity contribution in [2.24, 2.45) is 0 Å². The molecule has 0 aromatic heterocycles. The Morgan fingerprint density at radius 3 is 2.70 bits per heavy atom. The first kappa shape index (κ1) is 16.4. The number of nitro groups is 1. The zero-order chi connectivity index (χ0) is 15.3. The largest absolute Gasteiger partial charge is 0.334 e. The van der Waals surface area contributed by atoms with Crippen molar-refractivity contribution in [2.45, 2.75) is 13.0 Å². The molecule has 2 N–H and O–H groups in total. The van der Waals surface area contributed by atoms with Gasteiger partial charge >= 0.3 is 6.03 Å². The molecular weight excluding hydrogens is 306 g/mol. The lowest BCUT2D eigenvalue weighted by atomic mass is 10.3. The molecule has 0 bridgehead atoms. The Morgan fingerprint density at radius 2 is 2.20 bits per heavy atom. The van der Waals surface area contributed by atoms with Gasteiger partial charge in [0.05, 0.1) is 4.92 Å². The van der Waals surface area contributed by atoms with E-state index in [1.54, 1.807) is 13.2 Å². The Kier molecular flexibility index (Phi) is 5.90. The highest BCUT2D eigenvalue weighted by atomic mass is 35.5. The standard InChI is InChI=1S/C11H14ClN3O4S/c1-7(6-20(2)19)13-11(16)14-8-3-4-10(15(17)18)9(12)5-8/h3-5,7H,6H2,1-2H3,(H2,13,14,16). The van der Waals surface area contributed by atoms with E-state index in [0.29, 0.717) is 11.4 Å². The van der Waals surface area contributed by atoms with Crippen LogP contribution in [0.4, 0.5) is 16.2 Å². The SMILES string of the molecule is CC(CS(C)=O)NC(=O)Nc1ccc([N+](=O)[O-])c(Cl)c1. The maximum absolute atomic E-state index is 11.6. The summed E-state index contributed by atoms with van der Waals surface area (Å²) in [5.41, 5.74) is 0.107. The minimum Gasteiger partial charge on any atom is -0.334 e. The number of carbonyl (C=O) groups excluding carboxylic acids is 1. The summed E-state index contributed by atoms with van der Waals surface area (Å²) in [6.07, 6.45) is 1.55. The molecule has 0 aliphatic rings. The predicted octanol–water partition coefficient (Wildman–Crippen LogP) is 2.14. The molecule has 7 nitrogen and oxygen atoms in total. The smallest absolute Gasteiger partial charge is 0.319 e. The number of nitro benzene ring substituents is 1. The number of urea groups is 1. The Labute approximate surface area is 123 Å². The van der Waals surface area contributed by atoms with Crippen LogP contribution >= 0.6 is 11.6 Å². The fraction of sp³-hybridized carbons (Fsp3) is 0.364. The third-order valence-electron chi connectivity index (χ3n) is 2.26. The van der Waals surface area contributed by atoms with Crippen molar-refractivity contribution in [3.63, 3.8) is 0 Å². The number of nitrogens with zero attached hydrogens (tertiary/aromatic N) is 1. The second-order valence-corrected chi connectivity index (χ2v) is 6.05. The zero-order valence-corrected chi connectivity index (χ0v) is 12.5. The molecule has 0 aliphatic heterocycles. The van der Waals surface area contributed by atoms with E-state index in [0.717, 1.165) is 0 Å². The minimum atomic E-state index is -1.01. The lowest BCUT2D eigenvalue weighted by Crippen LogP contribution is -2.39. The van der Waals surface area contributed by atoms with Crippen molar-refractivity contribution < 1.29 is 13.9 Å². The van der Waals surface area contributed by atoms with Crippen LogP contribution in [0.2, 0.25) is 5.02 Å². The monoisotopic (exact) mass is 319 g/mol. The summed E-state index contributed by atoms with van der Waals surface area (Å²) in [4.78, 5) is 21.6. The van der Waals surface area contributed by atoms with E-state index in [4.69, 9.17) is 11.6 Å². The molecule has 0 heterocycles. The molecule has 0 spiro atoms. The molecule has 0 radical (unpaired) electrons. The number of nitrogens with one attached hydrogen (secondary N) is 2. The number of hydrogen-bond donors (Lipinski definition) is 2. The molecule has 0 fully saturated rings. The van der Waals surface area contributed by atoms with Crippen LogP contribution in [0.5, 0.6) is 0 Å². The highest BCUT2D eigenvalue weighted by molar-refractivity contribution is 7.84. The van der Waals surface area contributed by atoms with Gasteiger partial charge in [0.2, 0.25) is 0 Å². The number of hydrogen-bond acceptors (Lipinski definition) is 4. The van der Waals surface area contributed by atoms with Crippen molar-refractivity contribution in [3.8, 4) is 0 Å². The zero-order valence-electron chi connectivity index (χ0n) is 10.9. The predicted molar refractivity (Wildman–Crippen MR) is 78.7 cm³/mol. The van der Waals surface area contributed by atoms with E-state index >= 15 is 0 Å². The van der Waals surface area contributed by atoms with Crippen molar-refractivity contribution in [1.29, 1.82) is 0 Å². The van der Waals surface area contributed by atoms with E-state index < -0.39 is 21.8 Å². The van der Waals surface area contributed by atoms with Crippen molar-refractivity contribution >= 4 is 39.8 Å². The van der Waals surface area contributed by atoms with Gasteiger partial charge in [0.15, 0.2) is 0 Å². The van der Waals surface area contributed by atoms with Gasteiger partial charge in [0.1, 0.15) is 5.02 Å². The van der Waals surface area contributed by atoms with Gasteiger partial charge in [-0.2, -0.15) is 0 Å². The highest BCUT2D eigenvalue weighted by Crippen LogP contribution is 2.27. The molecule has 2 amide bonds. The van der Waals surface area contributed by atoms with Gasteiger partial charge in [-0.25, -0.2) is 4.79 Å². The normalized spacial score (nSPS) is 13.3. The molecule has 1 rings (SSSR count). The van der Waals surface area contributed by atoms with Gasteiger partial charge in [-0.1, -0.05) is 11.6 Å². The number of amides is 2. The lowest BCUT2D eigenvalue weighted by Gasteiger charge is -2.13. The fourth-order valence-corrected chi connectivity index (χ4v) is 2.55. The van der Waals surface area contributed by atoms with Gasteiger partial charge in [-0.05, 0) is 19.1 Å². The molecule has 9 heteroatoms. The second kappa shape index (κ2) is 7.20. The highest BCUT2D eigenvalue weighted by Gasteiger charge is 2.14. The summed E-state index contributed by atoms with van der Waals surface area (Å²) in [6.45, 7) is 1.73. The molecule has 0 saturated carbocycles. The molecular formula is C11H14ClN3O4S. The van der Waals surface area contributed by atoms with Crippen LogP contribution < -0.4 is 10.6 Å². The van der Waals surface area contributed by atoms with Crippen LogP contribution in [0, 0.1) is 10.1 Å². The Bertz CT molecular complexity index is 552. The Balaban J connectivity index is 2.65. The van der Waals surface area contributed by atoms with Crippen LogP contribution in [-0.2, 0) is 10.8 Å². The van der Waals surface area contributed by atoms with Crippen LogP contribution in [0.15, 0.2) is 18.2 Å². The molecule has 1 aromatic rings. The first-order valence-electron chi connectivity index (χ1n) is 5.61. The minimum absolute atomic E-state index is 0.0597. The lowest BCUT2D eigenvalue weighted by molar-refractivity contribution is -0.384. The third kappa shape index (κ3) is 5.14. The molecule has 110 valence electrons. The third-order valence-corrected chi connectivity index (χ3v) is 3.54. The van der Waals surface area contributed by atoms with E-state index in [9.17, 15) is 19.1 Å². The summed E-state index contributed by atoms with van der Waals surface area (Å²) in [5.74, 6) is 0.342. The van der Waals surface area contributed by atoms with Crippen LogP contribution in [-0.4, -0.2) is 33.2 Å². The first-order valence-corrected chi connectivity index (χ1v) is 7.71. The number of benzene rings is 1. The van der Waals surface area contributed by atoms with Crippen molar-refractivity contribution in [3.05, 3.63) is 33.3 Å². The summed E-state index contributed by atoms with van der Waals surface area (Å²) in [5, 5.41) is 15.6. The van der Waals surface area contributed by atoms with Gasteiger partial charge in [-0.3, -0.25) is 14.3 Å². The van der Waals surface area contributed by atoms with Crippen LogP contribution in [0.1, 0.15) is 6.92 Å². The topological polar surface area (TPSA) is 101 Å². The molecule has 0 aliphatic carbocycles. The van der Waals surface area contributed by atoms with Crippen molar-refractivity contribution in [2.75, 3.05) is 17.3 Å². The van der Waals surface area contributed by atoms with Gasteiger partial charge in [0, 0.05) is 40.6 Å². The van der Waals surface area contributed by atoms with Crippen LogP contribution in [0.3, 0.4) is 0 Å². The average Bonchev–Trinajstić information content (AvgIpc) is 2.26. The van der Waals surface area contributed by atoms with Crippen LogP contribution in [0.25, 0.3) is 0 Å². The van der Waals surface area contributed by atoms with E-state index in [-0.39, 0.29) is 16.8 Å². The summed E-state index contributed by atoms with van der Waals surface area (Å²) < 4.78 is 11.0. The number of anilines is 1. The molecule has 1 aromatic carbocycles. The summed E-state index contributed by atoms with van der Waals surface area (Å²) >= 11 is 5.73. The van der Waals surface area contributed by atoms with Crippen molar-refractivity contribution in [1.82, 2.24) is 5.32 Å². The fourth-order valence-electron chi connectivity index (χ4n) is 1.52. The van der Waals surface area contributed by atoms with E-state index in [1.807, 2.05) is 0 Å². The second-order valence-electron chi connectivity index (χ2n) is 4.16. The number of carbonyl (C=O) groups is 1. The Morgan fingerprint density at radius 1 is 1.55 bits per heavy atom. The number of rotatable bonds is 5. The van der Waals surface area contributed by atoms with E-state index in [2.05, 4.69) is 10.6 Å². The quantitative estimate of drug-likeness (QED) is 0.641. The molecule has 20 heavy (non-hydrogen) atoms. The van der Waals surface area contributed by atoms with Gasteiger partial charge < -0.3 is 10.6 Å². The molecule has 0 saturated heterocycles. The van der Waals surface area contributed by atoms with Gasteiger partial charge in [0.25, 0.3) is 5.69 Å². The summed E-state index contributed by atoms with van der Waals surface area (Å²) in [7, 11) is -1.01. The number of halogens is 1. The average molecular weight is 320 g/mol. The molecule has 2 atom stereocenters. The maximum Gasteiger partial charge on any atom is 0.319 e. The summed E-state index contributed by atoms with van der Waals surface area (Å²) in [6, 6.07) is 3.14.